The standard InChI is InChI=1S/C11H24NO6P/c1-5-6-11(13)16-9-10-18-19(14,15)17-8-7-12(2,3)4/h5-10H2,1-4H3. The summed E-state index contributed by atoms with van der Waals surface area (Å²) in [6.45, 7) is 2.14. The van der Waals surface area contributed by atoms with Crippen molar-refractivity contribution >= 4 is 13.8 Å². The third-order valence-electron chi connectivity index (χ3n) is 2.06. The first-order valence-electron chi connectivity index (χ1n) is 6.22. The fourth-order valence-corrected chi connectivity index (χ4v) is 1.72. The van der Waals surface area contributed by atoms with Gasteiger partial charge in [0, 0.05) is 6.42 Å². The van der Waals surface area contributed by atoms with Crippen molar-refractivity contribution in [3.8, 4) is 0 Å². The predicted molar refractivity (Wildman–Crippen MR) is 68.3 cm³/mol. The molecule has 1 unspecified atom stereocenters. The first kappa shape index (κ1) is 18.5. The molecule has 0 heterocycles. The minimum Gasteiger partial charge on any atom is -0.756 e. The molecule has 0 saturated carbocycles. The number of esters is 1. The van der Waals surface area contributed by atoms with Crippen molar-refractivity contribution in [2.75, 3.05) is 47.5 Å². The zero-order valence-corrected chi connectivity index (χ0v) is 13.0. The van der Waals surface area contributed by atoms with Crippen LogP contribution in [0.25, 0.3) is 0 Å². The number of carbonyl (C=O) groups excluding carboxylic acids is 1. The van der Waals surface area contributed by atoms with E-state index in [0.29, 0.717) is 23.9 Å². The quantitative estimate of drug-likeness (QED) is 0.253. The van der Waals surface area contributed by atoms with Crippen LogP contribution in [0.15, 0.2) is 0 Å². The second kappa shape index (κ2) is 8.66. The van der Waals surface area contributed by atoms with Gasteiger partial charge in [0.2, 0.25) is 0 Å². The Balaban J connectivity index is 3.73. The van der Waals surface area contributed by atoms with Gasteiger partial charge in [0.05, 0.1) is 27.7 Å². The van der Waals surface area contributed by atoms with Gasteiger partial charge in [0.1, 0.15) is 19.8 Å². The molecule has 8 heteroatoms. The van der Waals surface area contributed by atoms with Gasteiger partial charge in [0.25, 0.3) is 7.82 Å². The lowest BCUT2D eigenvalue weighted by atomic mass is 10.3. The highest BCUT2D eigenvalue weighted by Gasteiger charge is 2.13. The lowest BCUT2D eigenvalue weighted by Crippen LogP contribution is -2.37. The van der Waals surface area contributed by atoms with Crippen LogP contribution in [0.3, 0.4) is 0 Å². The lowest BCUT2D eigenvalue weighted by molar-refractivity contribution is -0.870. The van der Waals surface area contributed by atoms with E-state index >= 15 is 0 Å². The van der Waals surface area contributed by atoms with E-state index in [-0.39, 0.29) is 25.8 Å². The van der Waals surface area contributed by atoms with Crippen LogP contribution in [-0.2, 0) is 23.1 Å². The summed E-state index contributed by atoms with van der Waals surface area (Å²) in [5, 5.41) is 0. The maximum absolute atomic E-state index is 11.3. The molecule has 0 rings (SSSR count). The number of hydrogen-bond donors (Lipinski definition) is 0. The van der Waals surface area contributed by atoms with Gasteiger partial charge in [-0.05, 0) is 6.42 Å². The molecule has 19 heavy (non-hydrogen) atoms. The molecule has 0 aliphatic carbocycles. The summed E-state index contributed by atoms with van der Waals surface area (Å²) in [4.78, 5) is 22.3. The molecule has 0 bridgehead atoms. The first-order chi connectivity index (χ1) is 8.66. The highest BCUT2D eigenvalue weighted by Crippen LogP contribution is 2.37. The molecule has 0 aliphatic rings. The van der Waals surface area contributed by atoms with Crippen LogP contribution in [0, 0.1) is 0 Å². The monoisotopic (exact) mass is 297 g/mol. The third-order valence-corrected chi connectivity index (χ3v) is 3.06. The Labute approximate surface area is 114 Å². The van der Waals surface area contributed by atoms with E-state index in [1.165, 1.54) is 0 Å². The number of carbonyl (C=O) groups is 1. The average molecular weight is 297 g/mol. The SMILES string of the molecule is CCCC(=O)OCCOP(=O)([O-])OCC[N+](C)(C)C. The fraction of sp³-hybridized carbons (Fsp3) is 0.909. The van der Waals surface area contributed by atoms with Gasteiger partial charge in [-0.15, -0.1) is 0 Å². The summed E-state index contributed by atoms with van der Waals surface area (Å²) in [6.07, 6.45) is 1.00. The van der Waals surface area contributed by atoms with Crippen molar-refractivity contribution in [1.29, 1.82) is 0 Å². The van der Waals surface area contributed by atoms with Crippen LogP contribution < -0.4 is 4.89 Å². The van der Waals surface area contributed by atoms with Crippen molar-refractivity contribution < 1.29 is 32.5 Å². The molecular formula is C11H24NO6P. The molecule has 0 fully saturated rings. The van der Waals surface area contributed by atoms with Gasteiger partial charge in [0.15, 0.2) is 0 Å². The van der Waals surface area contributed by atoms with Crippen molar-refractivity contribution in [1.82, 2.24) is 0 Å². The van der Waals surface area contributed by atoms with Crippen LogP contribution in [0.5, 0.6) is 0 Å². The Morgan fingerprint density at radius 1 is 1.16 bits per heavy atom. The van der Waals surface area contributed by atoms with Crippen molar-refractivity contribution in [2.45, 2.75) is 19.8 Å². The van der Waals surface area contributed by atoms with E-state index in [1.807, 2.05) is 28.1 Å². The minimum atomic E-state index is -4.31. The maximum atomic E-state index is 11.3. The van der Waals surface area contributed by atoms with E-state index in [1.54, 1.807) is 0 Å². The van der Waals surface area contributed by atoms with Crippen LogP contribution in [0.4, 0.5) is 0 Å². The summed E-state index contributed by atoms with van der Waals surface area (Å²) in [5.41, 5.74) is 0. The van der Waals surface area contributed by atoms with Crippen LogP contribution in [-0.4, -0.2) is 58.0 Å². The Hall–Kier alpha value is -0.460. The first-order valence-corrected chi connectivity index (χ1v) is 7.68. The average Bonchev–Trinajstić information content (AvgIpc) is 2.22. The van der Waals surface area contributed by atoms with Crippen LogP contribution in [0.2, 0.25) is 0 Å². The maximum Gasteiger partial charge on any atom is 0.305 e. The van der Waals surface area contributed by atoms with Crippen LogP contribution in [0.1, 0.15) is 19.8 Å². The second-order valence-corrected chi connectivity index (χ2v) is 6.51. The molecule has 0 aromatic rings. The van der Waals surface area contributed by atoms with E-state index in [0.717, 1.165) is 0 Å². The molecule has 0 spiro atoms. The summed E-state index contributed by atoms with van der Waals surface area (Å²) in [5.74, 6) is -0.363. The summed E-state index contributed by atoms with van der Waals surface area (Å²) < 4.78 is 25.9. The molecule has 114 valence electrons. The lowest BCUT2D eigenvalue weighted by Gasteiger charge is -2.27. The number of quaternary nitrogens is 1. The number of hydrogen-bond acceptors (Lipinski definition) is 6. The largest absolute Gasteiger partial charge is 0.756 e. The highest BCUT2D eigenvalue weighted by atomic mass is 31.2. The Kier molecular flexibility index (Phi) is 8.45. The number of nitrogens with zero attached hydrogens (tertiary/aromatic N) is 1. The minimum absolute atomic E-state index is 0.0555. The zero-order chi connectivity index (χ0) is 14.9. The van der Waals surface area contributed by atoms with Crippen LogP contribution >= 0.6 is 7.82 Å². The summed E-state index contributed by atoms with van der Waals surface area (Å²) >= 11 is 0. The number of ether oxygens (including phenoxy) is 1. The van der Waals surface area contributed by atoms with E-state index < -0.39 is 7.82 Å². The Morgan fingerprint density at radius 2 is 1.74 bits per heavy atom. The molecule has 0 radical (unpaired) electrons. The molecular weight excluding hydrogens is 273 g/mol. The molecule has 0 N–H and O–H groups in total. The van der Waals surface area contributed by atoms with Gasteiger partial charge < -0.3 is 23.2 Å². The predicted octanol–water partition coefficient (Wildman–Crippen LogP) is 0.538. The molecule has 1 atom stereocenters. The van der Waals surface area contributed by atoms with Gasteiger partial charge in [-0.3, -0.25) is 9.36 Å². The van der Waals surface area contributed by atoms with E-state index in [4.69, 9.17) is 4.74 Å². The Morgan fingerprint density at radius 3 is 2.26 bits per heavy atom. The third kappa shape index (κ3) is 12.3. The molecule has 0 amide bonds. The molecule has 0 aliphatic heterocycles. The highest BCUT2D eigenvalue weighted by molar-refractivity contribution is 7.45. The smallest absolute Gasteiger partial charge is 0.305 e. The fourth-order valence-electron chi connectivity index (χ4n) is 1.04. The van der Waals surface area contributed by atoms with E-state index in [9.17, 15) is 14.3 Å². The normalized spacial score (nSPS) is 15.0. The second-order valence-electron chi connectivity index (χ2n) is 5.10. The number of rotatable bonds is 10. The number of phosphoric acid groups is 1. The van der Waals surface area contributed by atoms with Crippen molar-refractivity contribution in [3.63, 3.8) is 0 Å². The number of likely N-dealkylation sites (N-methyl/N-ethyl adjacent to an activating group) is 1. The van der Waals surface area contributed by atoms with E-state index in [2.05, 4.69) is 9.05 Å². The Bertz CT molecular complexity index is 315. The summed E-state index contributed by atoms with van der Waals surface area (Å²) in [6, 6.07) is 0. The van der Waals surface area contributed by atoms with Gasteiger partial charge >= 0.3 is 5.97 Å². The van der Waals surface area contributed by atoms with Gasteiger partial charge in [-0.2, -0.15) is 0 Å². The topological polar surface area (TPSA) is 84.9 Å². The molecule has 0 aromatic carbocycles. The summed E-state index contributed by atoms with van der Waals surface area (Å²) in [7, 11) is 1.47. The molecule has 0 saturated heterocycles. The molecule has 7 nitrogen and oxygen atoms in total. The molecule has 0 aromatic heterocycles. The van der Waals surface area contributed by atoms with Gasteiger partial charge in [-0.25, -0.2) is 0 Å². The van der Waals surface area contributed by atoms with Crippen molar-refractivity contribution in [2.24, 2.45) is 0 Å². The zero-order valence-electron chi connectivity index (χ0n) is 12.1. The number of phosphoric ester groups is 1. The van der Waals surface area contributed by atoms with Crippen molar-refractivity contribution in [3.05, 3.63) is 0 Å². The van der Waals surface area contributed by atoms with Gasteiger partial charge in [-0.1, -0.05) is 6.92 Å².